The molecule has 0 aromatic heterocycles. The zero-order valence-corrected chi connectivity index (χ0v) is 20.0. The Morgan fingerprint density at radius 2 is 1.81 bits per heavy atom. The lowest BCUT2D eigenvalue weighted by molar-refractivity contribution is -0.129. The van der Waals surface area contributed by atoms with Gasteiger partial charge in [-0.05, 0) is 49.2 Å². The quantitative estimate of drug-likeness (QED) is 0.581. The van der Waals surface area contributed by atoms with Gasteiger partial charge in [0, 0.05) is 30.9 Å². The van der Waals surface area contributed by atoms with E-state index in [4.69, 9.17) is 21.1 Å². The number of hydrogen-bond acceptors (Lipinski definition) is 6. The van der Waals surface area contributed by atoms with Crippen molar-refractivity contribution in [1.82, 2.24) is 10.3 Å². The first kappa shape index (κ1) is 23.9. The Labute approximate surface area is 197 Å². The minimum Gasteiger partial charge on any atom is -0.493 e. The molecule has 2 aromatic carbocycles. The van der Waals surface area contributed by atoms with Crippen LogP contribution >= 0.6 is 23.4 Å². The number of benzene rings is 2. The number of rotatable bonds is 7. The second-order valence-corrected chi connectivity index (χ2v) is 8.93. The summed E-state index contributed by atoms with van der Waals surface area (Å²) in [4.78, 5) is 23.6. The van der Waals surface area contributed by atoms with E-state index in [-0.39, 0.29) is 11.8 Å². The second kappa shape index (κ2) is 10.7. The van der Waals surface area contributed by atoms with Crippen molar-refractivity contribution in [3.05, 3.63) is 58.1 Å². The number of halogens is 1. The van der Waals surface area contributed by atoms with Crippen molar-refractivity contribution in [1.29, 1.82) is 0 Å². The maximum atomic E-state index is 12.1. The number of nitrogens with one attached hydrogen (secondary N) is 1. The summed E-state index contributed by atoms with van der Waals surface area (Å²) < 4.78 is 11.9. The number of ether oxygens (including phenoxy) is 2. The highest BCUT2D eigenvalue weighted by Crippen LogP contribution is 2.43. The zero-order valence-electron chi connectivity index (χ0n) is 18.5. The van der Waals surface area contributed by atoms with E-state index in [2.05, 4.69) is 16.5 Å². The number of hydrazone groups is 1. The van der Waals surface area contributed by atoms with Crippen LogP contribution in [0.4, 0.5) is 0 Å². The molecule has 0 spiro atoms. The van der Waals surface area contributed by atoms with Gasteiger partial charge in [-0.15, -0.1) is 5.10 Å². The molecule has 1 N–H and O–H groups in total. The van der Waals surface area contributed by atoms with E-state index in [0.29, 0.717) is 41.1 Å². The van der Waals surface area contributed by atoms with Gasteiger partial charge in [0.1, 0.15) is 16.9 Å². The van der Waals surface area contributed by atoms with E-state index < -0.39 is 5.37 Å². The van der Waals surface area contributed by atoms with Gasteiger partial charge in [-0.25, -0.2) is 5.01 Å². The molecule has 2 amide bonds. The summed E-state index contributed by atoms with van der Waals surface area (Å²) in [5.74, 6) is 0.964. The number of hydrogen-bond donors (Lipinski definition) is 1. The van der Waals surface area contributed by atoms with Crippen LogP contribution in [0.2, 0.25) is 5.02 Å². The minimum absolute atomic E-state index is 0.254. The first-order valence-corrected chi connectivity index (χ1v) is 11.5. The smallest absolute Gasteiger partial charge is 0.241 e. The number of carbonyl (C=O) groups is 2. The third kappa shape index (κ3) is 6.17. The fourth-order valence-electron chi connectivity index (χ4n) is 3.10. The monoisotopic (exact) mass is 475 g/mol. The van der Waals surface area contributed by atoms with E-state index in [1.807, 2.05) is 26.0 Å². The standard InChI is InChI=1S/C23H26ClN3O4S/c1-14-6-7-15(2)21(12-14)31-11-5-10-30-20-9-8-18(24)13-19(20)22-27(17(4)29)26-23(32-22)25-16(3)28/h6-9,12-13,22H,5,10-11H2,1-4H3,(H,25,26,28)/t22-/m0/s1. The topological polar surface area (TPSA) is 80.2 Å². The predicted molar refractivity (Wildman–Crippen MR) is 127 cm³/mol. The largest absolute Gasteiger partial charge is 0.493 e. The van der Waals surface area contributed by atoms with Crippen molar-refractivity contribution in [3.63, 3.8) is 0 Å². The number of amides is 2. The molecule has 32 heavy (non-hydrogen) atoms. The second-order valence-electron chi connectivity index (χ2n) is 7.42. The Hall–Kier alpha value is -2.71. The molecule has 0 bridgehead atoms. The van der Waals surface area contributed by atoms with Crippen LogP contribution < -0.4 is 14.8 Å². The number of thioether (sulfide) groups is 1. The van der Waals surface area contributed by atoms with Gasteiger partial charge in [-0.2, -0.15) is 0 Å². The van der Waals surface area contributed by atoms with Crippen LogP contribution in [-0.2, 0) is 9.59 Å². The number of amidine groups is 1. The first-order valence-electron chi connectivity index (χ1n) is 10.2. The summed E-state index contributed by atoms with van der Waals surface area (Å²) in [5, 5.41) is 8.56. The Morgan fingerprint density at radius 3 is 2.50 bits per heavy atom. The molecule has 0 unspecified atom stereocenters. The molecule has 3 rings (SSSR count). The van der Waals surface area contributed by atoms with Crippen molar-refractivity contribution < 1.29 is 19.1 Å². The van der Waals surface area contributed by atoms with Crippen molar-refractivity contribution in [2.45, 2.75) is 39.5 Å². The number of nitrogens with zero attached hydrogens (tertiary/aromatic N) is 2. The van der Waals surface area contributed by atoms with Crippen LogP contribution in [0.15, 0.2) is 41.5 Å². The van der Waals surface area contributed by atoms with Crippen molar-refractivity contribution >= 4 is 40.3 Å². The molecule has 1 aliphatic heterocycles. The summed E-state index contributed by atoms with van der Waals surface area (Å²) in [6.45, 7) is 7.80. The van der Waals surface area contributed by atoms with Crippen LogP contribution in [-0.4, -0.2) is 35.2 Å². The van der Waals surface area contributed by atoms with Crippen LogP contribution in [0, 0.1) is 13.8 Å². The van der Waals surface area contributed by atoms with Gasteiger partial charge in [0.05, 0.1) is 13.2 Å². The van der Waals surface area contributed by atoms with Gasteiger partial charge in [-0.3, -0.25) is 9.59 Å². The first-order chi connectivity index (χ1) is 15.2. The highest BCUT2D eigenvalue weighted by Gasteiger charge is 2.34. The summed E-state index contributed by atoms with van der Waals surface area (Å²) in [5.41, 5.74) is 2.95. The van der Waals surface area contributed by atoms with Gasteiger partial charge in [0.25, 0.3) is 0 Å². The molecule has 0 fully saturated rings. The van der Waals surface area contributed by atoms with Crippen LogP contribution in [0.25, 0.3) is 0 Å². The fourth-order valence-corrected chi connectivity index (χ4v) is 4.43. The third-order valence-electron chi connectivity index (χ3n) is 4.63. The summed E-state index contributed by atoms with van der Waals surface area (Å²) in [6.07, 6.45) is 0.678. The van der Waals surface area contributed by atoms with Crippen molar-refractivity contribution in [2.24, 2.45) is 5.10 Å². The summed E-state index contributed by atoms with van der Waals surface area (Å²) in [7, 11) is 0. The summed E-state index contributed by atoms with van der Waals surface area (Å²) in [6, 6.07) is 11.4. The molecule has 0 saturated carbocycles. The number of aryl methyl sites for hydroxylation is 2. The summed E-state index contributed by atoms with van der Waals surface area (Å²) >= 11 is 7.48. The molecule has 0 aliphatic carbocycles. The molecule has 170 valence electrons. The Morgan fingerprint density at radius 1 is 1.09 bits per heavy atom. The van der Waals surface area contributed by atoms with Gasteiger partial charge in [0.2, 0.25) is 11.8 Å². The highest BCUT2D eigenvalue weighted by molar-refractivity contribution is 8.14. The average molecular weight is 476 g/mol. The zero-order chi connectivity index (χ0) is 23.3. The minimum atomic E-state index is -0.491. The third-order valence-corrected chi connectivity index (χ3v) is 5.95. The normalized spacial score (nSPS) is 15.3. The Bertz CT molecular complexity index is 1040. The van der Waals surface area contributed by atoms with E-state index in [9.17, 15) is 9.59 Å². The fraction of sp³-hybridized carbons (Fsp3) is 0.348. The van der Waals surface area contributed by atoms with E-state index >= 15 is 0 Å². The van der Waals surface area contributed by atoms with Crippen molar-refractivity contribution in [3.8, 4) is 11.5 Å². The Kier molecular flexibility index (Phi) is 8.04. The average Bonchev–Trinajstić information content (AvgIpc) is 3.14. The van der Waals surface area contributed by atoms with Gasteiger partial charge in [0.15, 0.2) is 5.17 Å². The van der Waals surface area contributed by atoms with Gasteiger partial charge < -0.3 is 14.8 Å². The maximum Gasteiger partial charge on any atom is 0.241 e. The van der Waals surface area contributed by atoms with Crippen LogP contribution in [0.1, 0.15) is 42.3 Å². The van der Waals surface area contributed by atoms with Crippen LogP contribution in [0.5, 0.6) is 11.5 Å². The molecule has 1 heterocycles. The Balaban J connectivity index is 1.65. The lowest BCUT2D eigenvalue weighted by atomic mass is 10.1. The molecule has 9 heteroatoms. The lowest BCUT2D eigenvalue weighted by Crippen LogP contribution is -2.25. The molecule has 1 atom stereocenters. The molecule has 1 aliphatic rings. The predicted octanol–water partition coefficient (Wildman–Crippen LogP) is 4.81. The molecule has 0 saturated heterocycles. The van der Waals surface area contributed by atoms with Gasteiger partial charge in [-0.1, -0.05) is 35.5 Å². The van der Waals surface area contributed by atoms with Crippen molar-refractivity contribution in [2.75, 3.05) is 13.2 Å². The molecular weight excluding hydrogens is 450 g/mol. The molecular formula is C23H26ClN3O4S. The SMILES string of the molecule is CC(=O)NC1=NN(C(C)=O)[C@H](c2cc(Cl)ccc2OCCCOc2cc(C)ccc2C)S1. The highest BCUT2D eigenvalue weighted by atomic mass is 35.5. The van der Waals surface area contributed by atoms with E-state index in [1.54, 1.807) is 18.2 Å². The van der Waals surface area contributed by atoms with E-state index in [0.717, 1.165) is 16.9 Å². The molecule has 2 aromatic rings. The number of carbonyl (C=O) groups excluding carboxylic acids is 2. The lowest BCUT2D eigenvalue weighted by Gasteiger charge is -2.22. The molecule has 0 radical (unpaired) electrons. The van der Waals surface area contributed by atoms with E-state index in [1.165, 1.54) is 30.6 Å². The maximum absolute atomic E-state index is 12.1. The van der Waals surface area contributed by atoms with Gasteiger partial charge >= 0.3 is 0 Å². The molecule has 7 nitrogen and oxygen atoms in total. The van der Waals surface area contributed by atoms with Crippen LogP contribution in [0.3, 0.4) is 0 Å².